The number of para-hydroxylation sites is 2. The summed E-state index contributed by atoms with van der Waals surface area (Å²) in [6.45, 7) is 2.19. The Morgan fingerprint density at radius 1 is 1.00 bits per heavy atom. The molecule has 9 heteroatoms. The Morgan fingerprint density at radius 3 is 2.39 bits per heavy atom. The van der Waals surface area contributed by atoms with Gasteiger partial charge in [0.1, 0.15) is 11.6 Å². The summed E-state index contributed by atoms with van der Waals surface area (Å²) in [6, 6.07) is 12.5. The normalized spacial score (nSPS) is 19.9. The van der Waals surface area contributed by atoms with E-state index in [9.17, 15) is 8.78 Å². The van der Waals surface area contributed by atoms with Gasteiger partial charge in [-0.15, -0.1) is 0 Å². The maximum absolute atomic E-state index is 14.7. The molecule has 1 atom stereocenters. The van der Waals surface area contributed by atoms with E-state index in [2.05, 4.69) is 15.3 Å². The monoisotopic (exact) mass is 386 g/mol. The standard InChI is InChI=1S/C19H20F2N6O/c20-13-5-1-3-7-15(13)23-18-24-17(22)25-19(26-9-11-28-12-10-26)27(18)16-8-4-2-6-14(16)21/h1-8,18,23H,9-12H2,(H2,22,24). The summed E-state index contributed by atoms with van der Waals surface area (Å²) in [5.74, 6) is -0.419. The summed E-state index contributed by atoms with van der Waals surface area (Å²) in [5, 5.41) is 3.00. The quantitative estimate of drug-likeness (QED) is 0.846. The van der Waals surface area contributed by atoms with E-state index in [1.807, 2.05) is 4.90 Å². The van der Waals surface area contributed by atoms with Gasteiger partial charge in [0.2, 0.25) is 18.2 Å². The maximum Gasteiger partial charge on any atom is 0.222 e. The molecule has 0 spiro atoms. The van der Waals surface area contributed by atoms with E-state index in [-0.39, 0.29) is 17.3 Å². The molecule has 1 unspecified atom stereocenters. The van der Waals surface area contributed by atoms with E-state index in [0.29, 0.717) is 32.3 Å². The summed E-state index contributed by atoms with van der Waals surface area (Å²) in [5.41, 5.74) is 6.43. The highest BCUT2D eigenvalue weighted by Gasteiger charge is 2.33. The third-order valence-corrected chi connectivity index (χ3v) is 4.49. The predicted octanol–water partition coefficient (Wildman–Crippen LogP) is 2.18. The van der Waals surface area contributed by atoms with Crippen molar-refractivity contribution in [2.75, 3.05) is 36.5 Å². The molecule has 3 N–H and O–H groups in total. The number of morpholine rings is 1. The number of hydrogen-bond acceptors (Lipinski definition) is 7. The van der Waals surface area contributed by atoms with Crippen LogP contribution < -0.4 is 16.0 Å². The first-order valence-corrected chi connectivity index (χ1v) is 8.93. The van der Waals surface area contributed by atoms with Crippen molar-refractivity contribution in [2.45, 2.75) is 6.29 Å². The summed E-state index contributed by atoms with van der Waals surface area (Å²) in [7, 11) is 0. The summed E-state index contributed by atoms with van der Waals surface area (Å²) >= 11 is 0. The van der Waals surface area contributed by atoms with Gasteiger partial charge in [0.05, 0.1) is 24.6 Å². The fraction of sp³-hybridized carbons (Fsp3) is 0.263. The van der Waals surface area contributed by atoms with Crippen LogP contribution in [0.1, 0.15) is 0 Å². The molecule has 2 aromatic carbocycles. The van der Waals surface area contributed by atoms with E-state index >= 15 is 0 Å². The highest BCUT2D eigenvalue weighted by atomic mass is 19.1. The van der Waals surface area contributed by atoms with Crippen LogP contribution in [0.3, 0.4) is 0 Å². The van der Waals surface area contributed by atoms with Crippen molar-refractivity contribution < 1.29 is 13.5 Å². The first kappa shape index (κ1) is 18.2. The lowest BCUT2D eigenvalue weighted by atomic mass is 10.2. The van der Waals surface area contributed by atoms with E-state index in [1.165, 1.54) is 12.1 Å². The number of anilines is 2. The lowest BCUT2D eigenvalue weighted by molar-refractivity contribution is 0.0671. The van der Waals surface area contributed by atoms with Crippen molar-refractivity contribution in [1.29, 1.82) is 0 Å². The van der Waals surface area contributed by atoms with Crippen molar-refractivity contribution in [3.8, 4) is 0 Å². The molecule has 0 amide bonds. The number of aliphatic imine (C=N–C) groups is 2. The third-order valence-electron chi connectivity index (χ3n) is 4.49. The lowest BCUT2D eigenvalue weighted by Gasteiger charge is -2.41. The second-order valence-corrected chi connectivity index (χ2v) is 6.32. The Balaban J connectivity index is 1.76. The Morgan fingerprint density at radius 2 is 1.68 bits per heavy atom. The number of ether oxygens (including phenoxy) is 1. The molecule has 2 aromatic rings. The van der Waals surface area contributed by atoms with Gasteiger partial charge in [-0.1, -0.05) is 24.3 Å². The molecule has 0 radical (unpaired) electrons. The maximum atomic E-state index is 14.7. The van der Waals surface area contributed by atoms with E-state index in [0.717, 1.165) is 0 Å². The first-order valence-electron chi connectivity index (χ1n) is 8.93. The van der Waals surface area contributed by atoms with Gasteiger partial charge in [0.25, 0.3) is 0 Å². The van der Waals surface area contributed by atoms with Crippen molar-refractivity contribution in [2.24, 2.45) is 15.7 Å². The molecule has 0 saturated carbocycles. The zero-order valence-electron chi connectivity index (χ0n) is 15.1. The number of hydrogen-bond donors (Lipinski definition) is 2. The van der Waals surface area contributed by atoms with Crippen molar-refractivity contribution >= 4 is 23.3 Å². The highest BCUT2D eigenvalue weighted by Crippen LogP contribution is 2.27. The summed E-state index contributed by atoms with van der Waals surface area (Å²) < 4.78 is 34.3. The number of nitrogens with zero attached hydrogens (tertiary/aromatic N) is 4. The van der Waals surface area contributed by atoms with Gasteiger partial charge in [-0.05, 0) is 24.3 Å². The van der Waals surface area contributed by atoms with E-state index in [4.69, 9.17) is 10.5 Å². The van der Waals surface area contributed by atoms with Crippen molar-refractivity contribution in [3.63, 3.8) is 0 Å². The van der Waals surface area contributed by atoms with Gasteiger partial charge in [-0.25, -0.2) is 13.8 Å². The number of nitrogens with one attached hydrogen (secondary N) is 1. The zero-order chi connectivity index (χ0) is 19.5. The molecule has 0 aliphatic carbocycles. The Bertz CT molecular complexity index is 913. The van der Waals surface area contributed by atoms with E-state index < -0.39 is 17.9 Å². The van der Waals surface area contributed by atoms with Gasteiger partial charge >= 0.3 is 0 Å². The SMILES string of the molecule is NC1=NC(Nc2ccccc2F)N(c2ccccc2F)C(N2CCOCC2)=N1. The second-order valence-electron chi connectivity index (χ2n) is 6.32. The fourth-order valence-corrected chi connectivity index (χ4v) is 3.16. The summed E-state index contributed by atoms with van der Waals surface area (Å²) in [4.78, 5) is 12.2. The van der Waals surface area contributed by atoms with Gasteiger partial charge < -0.3 is 20.7 Å². The molecule has 1 saturated heterocycles. The van der Waals surface area contributed by atoms with E-state index in [1.54, 1.807) is 41.3 Å². The number of guanidine groups is 2. The first-order chi connectivity index (χ1) is 13.6. The molecule has 4 rings (SSSR count). The average Bonchev–Trinajstić information content (AvgIpc) is 2.71. The zero-order valence-corrected chi connectivity index (χ0v) is 15.1. The minimum atomic E-state index is -0.871. The molecule has 28 heavy (non-hydrogen) atoms. The van der Waals surface area contributed by atoms with Crippen LogP contribution in [0, 0.1) is 11.6 Å². The van der Waals surface area contributed by atoms with Crippen LogP contribution in [0.25, 0.3) is 0 Å². The van der Waals surface area contributed by atoms with Crippen LogP contribution in [0.5, 0.6) is 0 Å². The van der Waals surface area contributed by atoms with Crippen molar-refractivity contribution in [3.05, 3.63) is 60.2 Å². The third kappa shape index (κ3) is 3.61. The lowest BCUT2D eigenvalue weighted by Crippen LogP contribution is -2.57. The second kappa shape index (κ2) is 7.81. The van der Waals surface area contributed by atoms with Gasteiger partial charge in [0, 0.05) is 13.1 Å². The Hall–Kier alpha value is -3.20. The Kier molecular flexibility index (Phi) is 5.07. The van der Waals surface area contributed by atoms with Crippen LogP contribution in [0.15, 0.2) is 58.5 Å². The number of nitrogens with two attached hydrogens (primary N) is 1. The molecule has 2 aliphatic rings. The molecule has 2 heterocycles. The minimum Gasteiger partial charge on any atom is -0.378 e. The van der Waals surface area contributed by atoms with Crippen LogP contribution >= 0.6 is 0 Å². The van der Waals surface area contributed by atoms with Crippen LogP contribution in [-0.2, 0) is 4.74 Å². The minimum absolute atomic E-state index is 0.0305. The average molecular weight is 386 g/mol. The topological polar surface area (TPSA) is 78.5 Å². The number of halogens is 2. The van der Waals surface area contributed by atoms with Gasteiger partial charge in [-0.3, -0.25) is 4.90 Å². The molecular formula is C19H20F2N6O. The summed E-state index contributed by atoms with van der Waals surface area (Å²) in [6.07, 6.45) is -0.871. The number of benzene rings is 2. The van der Waals surface area contributed by atoms with Crippen LogP contribution in [0.4, 0.5) is 20.2 Å². The van der Waals surface area contributed by atoms with Crippen LogP contribution in [-0.4, -0.2) is 49.4 Å². The predicted molar refractivity (Wildman–Crippen MR) is 104 cm³/mol. The smallest absolute Gasteiger partial charge is 0.222 e. The molecule has 7 nitrogen and oxygen atoms in total. The molecule has 1 fully saturated rings. The van der Waals surface area contributed by atoms with Gasteiger partial charge in [-0.2, -0.15) is 4.99 Å². The highest BCUT2D eigenvalue weighted by molar-refractivity contribution is 6.06. The van der Waals surface area contributed by atoms with Crippen molar-refractivity contribution in [1.82, 2.24) is 4.90 Å². The number of rotatable bonds is 3. The molecule has 2 aliphatic heterocycles. The molecule has 0 aromatic heterocycles. The molecule has 0 bridgehead atoms. The molecule has 146 valence electrons. The largest absolute Gasteiger partial charge is 0.378 e. The molecular weight excluding hydrogens is 366 g/mol. The van der Waals surface area contributed by atoms with Crippen LogP contribution in [0.2, 0.25) is 0 Å². The fourth-order valence-electron chi connectivity index (χ4n) is 3.16. The Labute approximate surface area is 161 Å². The van der Waals surface area contributed by atoms with Gasteiger partial charge in [0.15, 0.2) is 0 Å².